The Labute approximate surface area is 191 Å². The lowest BCUT2D eigenvalue weighted by Crippen LogP contribution is -2.44. The van der Waals surface area contributed by atoms with E-state index in [4.69, 9.17) is 9.47 Å². The van der Waals surface area contributed by atoms with Crippen molar-refractivity contribution in [3.8, 4) is 0 Å². The molecule has 1 N–H and O–H groups in total. The first-order valence-corrected chi connectivity index (χ1v) is 11.1. The molecule has 0 saturated carbocycles. The molecule has 1 aromatic rings. The van der Waals surface area contributed by atoms with Crippen molar-refractivity contribution in [2.75, 3.05) is 13.2 Å². The minimum atomic E-state index is -4.55. The fraction of sp³-hybridized carbons (Fsp3) is 0.520. The van der Waals surface area contributed by atoms with Gasteiger partial charge in [-0.1, -0.05) is 38.6 Å². The van der Waals surface area contributed by atoms with Crippen LogP contribution >= 0.6 is 0 Å². The van der Waals surface area contributed by atoms with Gasteiger partial charge in [0.2, 0.25) is 0 Å². The fourth-order valence-corrected chi connectivity index (χ4v) is 5.03. The minimum Gasteiger partial charge on any atom is -0.462 e. The molecule has 2 heterocycles. The van der Waals surface area contributed by atoms with E-state index in [1.165, 1.54) is 12.1 Å². The van der Waals surface area contributed by atoms with Crippen molar-refractivity contribution >= 4 is 11.8 Å². The van der Waals surface area contributed by atoms with Crippen LogP contribution < -0.4 is 5.32 Å². The van der Waals surface area contributed by atoms with Gasteiger partial charge in [-0.3, -0.25) is 9.59 Å². The Morgan fingerprint density at radius 2 is 2.06 bits per heavy atom. The molecule has 3 unspecified atom stereocenters. The van der Waals surface area contributed by atoms with Crippen molar-refractivity contribution in [2.45, 2.75) is 57.7 Å². The molecular weight excluding hydrogens is 435 g/mol. The average Bonchev–Trinajstić information content (AvgIpc) is 3.23. The van der Waals surface area contributed by atoms with E-state index in [1.54, 1.807) is 0 Å². The average molecular weight is 463 g/mol. The topological polar surface area (TPSA) is 64.6 Å². The molecule has 0 spiro atoms. The van der Waals surface area contributed by atoms with E-state index in [9.17, 15) is 22.8 Å². The van der Waals surface area contributed by atoms with Crippen molar-refractivity contribution in [2.24, 2.45) is 11.3 Å². The number of carbonyl (C=O) groups excluding carboxylic acids is 2. The van der Waals surface area contributed by atoms with Crippen molar-refractivity contribution < 1.29 is 32.2 Å². The number of ketones is 1. The van der Waals surface area contributed by atoms with E-state index in [1.807, 2.05) is 13.8 Å². The summed E-state index contributed by atoms with van der Waals surface area (Å²) >= 11 is 0. The first kappa shape index (κ1) is 23.5. The summed E-state index contributed by atoms with van der Waals surface area (Å²) in [5.74, 6) is -2.74. The number of esters is 1. The molecule has 1 saturated heterocycles. The van der Waals surface area contributed by atoms with Crippen molar-refractivity contribution in [1.82, 2.24) is 5.32 Å². The predicted octanol–water partition coefficient (Wildman–Crippen LogP) is 4.89. The first-order valence-electron chi connectivity index (χ1n) is 11.1. The Balaban J connectivity index is 1.75. The largest absolute Gasteiger partial charge is 0.462 e. The van der Waals surface area contributed by atoms with Gasteiger partial charge < -0.3 is 14.8 Å². The van der Waals surface area contributed by atoms with Crippen LogP contribution in [0.5, 0.6) is 0 Å². The smallest absolute Gasteiger partial charge is 0.416 e. The maximum Gasteiger partial charge on any atom is 0.416 e. The van der Waals surface area contributed by atoms with Gasteiger partial charge in [0.1, 0.15) is 12.5 Å². The molecule has 2 aliphatic heterocycles. The Morgan fingerprint density at radius 1 is 1.30 bits per heavy atom. The monoisotopic (exact) mass is 463 g/mol. The van der Waals surface area contributed by atoms with Crippen LogP contribution in [0.1, 0.15) is 56.6 Å². The van der Waals surface area contributed by atoms with Crippen LogP contribution in [0.4, 0.5) is 13.2 Å². The number of Topliss-reactive ketones (excluding diaryl/α,β-unsaturated/α-hetero) is 1. The number of hydrogen-bond donors (Lipinski definition) is 1. The third-order valence-electron chi connectivity index (χ3n) is 6.51. The summed E-state index contributed by atoms with van der Waals surface area (Å²) in [6.45, 7) is 8.58. The molecular formula is C25H28F3NO4. The van der Waals surface area contributed by atoms with Crippen LogP contribution in [0.2, 0.25) is 0 Å². The molecule has 1 fully saturated rings. The Kier molecular flexibility index (Phi) is 6.16. The third-order valence-corrected chi connectivity index (χ3v) is 6.51. The first-order chi connectivity index (χ1) is 15.5. The van der Waals surface area contributed by atoms with E-state index in [2.05, 4.69) is 11.9 Å². The molecule has 5 nitrogen and oxygen atoms in total. The molecule has 0 radical (unpaired) electrons. The number of rotatable bonds is 4. The number of alkyl halides is 3. The van der Waals surface area contributed by atoms with Gasteiger partial charge in [-0.2, -0.15) is 13.2 Å². The second kappa shape index (κ2) is 8.63. The zero-order valence-corrected chi connectivity index (χ0v) is 18.8. The molecule has 4 rings (SSSR count). The zero-order valence-electron chi connectivity index (χ0n) is 18.8. The molecule has 33 heavy (non-hydrogen) atoms. The summed E-state index contributed by atoms with van der Waals surface area (Å²) in [7, 11) is 0. The molecule has 3 aliphatic rings. The maximum atomic E-state index is 13.5. The molecule has 178 valence electrons. The van der Waals surface area contributed by atoms with Gasteiger partial charge >= 0.3 is 12.1 Å². The Hall–Kier alpha value is -2.61. The standard InChI is InChI=1S/C25H28F3NO4/c1-14-20(23(31)33-13-17-8-5-9-32-17)21(15-6-4-7-16(10-15)25(26,27)28)22-18(29-14)11-24(2,3)12-19(22)30/h4,6-7,10,17,20-21,29H,1,5,8-9,11-13H2,2-3H3. The Morgan fingerprint density at radius 3 is 2.73 bits per heavy atom. The van der Waals surface area contributed by atoms with Crippen LogP contribution in [-0.2, 0) is 25.2 Å². The lowest BCUT2D eigenvalue weighted by atomic mass is 9.66. The Bertz CT molecular complexity index is 1010. The van der Waals surface area contributed by atoms with Gasteiger partial charge in [0.25, 0.3) is 0 Å². The van der Waals surface area contributed by atoms with E-state index >= 15 is 0 Å². The summed E-state index contributed by atoms with van der Waals surface area (Å²) in [5.41, 5.74) is 0.383. The molecule has 1 aromatic carbocycles. The van der Waals surface area contributed by atoms with E-state index in [0.717, 1.165) is 25.0 Å². The molecule has 0 aromatic heterocycles. The molecule has 3 atom stereocenters. The van der Waals surface area contributed by atoms with Crippen molar-refractivity contribution in [1.29, 1.82) is 0 Å². The quantitative estimate of drug-likeness (QED) is 0.645. The van der Waals surface area contributed by atoms with Crippen LogP contribution in [0.25, 0.3) is 0 Å². The molecule has 0 amide bonds. The number of nitrogens with one attached hydrogen (secondary N) is 1. The highest BCUT2D eigenvalue weighted by Gasteiger charge is 2.47. The molecule has 0 bridgehead atoms. The summed E-state index contributed by atoms with van der Waals surface area (Å²) < 4.78 is 51.4. The highest BCUT2D eigenvalue weighted by atomic mass is 19.4. The molecule has 8 heteroatoms. The maximum absolute atomic E-state index is 13.5. The van der Waals surface area contributed by atoms with E-state index < -0.39 is 29.5 Å². The summed E-state index contributed by atoms with van der Waals surface area (Å²) in [5, 5.41) is 3.12. The number of benzene rings is 1. The lowest BCUT2D eigenvalue weighted by Gasteiger charge is -2.42. The zero-order chi connectivity index (χ0) is 24.0. The number of allylic oxidation sites excluding steroid dienone is 2. The summed E-state index contributed by atoms with van der Waals surface area (Å²) in [6, 6.07) is 4.82. The summed E-state index contributed by atoms with van der Waals surface area (Å²) in [6.07, 6.45) is -2.32. The minimum absolute atomic E-state index is 0.0603. The highest BCUT2D eigenvalue weighted by Crippen LogP contribution is 2.48. The third kappa shape index (κ3) is 4.86. The van der Waals surface area contributed by atoms with Gasteiger partial charge in [-0.25, -0.2) is 0 Å². The van der Waals surface area contributed by atoms with Gasteiger partial charge in [0, 0.05) is 35.9 Å². The van der Waals surface area contributed by atoms with Gasteiger partial charge in [0.15, 0.2) is 5.78 Å². The highest BCUT2D eigenvalue weighted by molar-refractivity contribution is 6.00. The molecule has 1 aliphatic carbocycles. The van der Waals surface area contributed by atoms with E-state index in [0.29, 0.717) is 30.0 Å². The second-order valence-electron chi connectivity index (χ2n) is 9.83. The summed E-state index contributed by atoms with van der Waals surface area (Å²) in [4.78, 5) is 26.4. The number of carbonyl (C=O) groups is 2. The van der Waals surface area contributed by atoms with Crippen molar-refractivity contribution in [3.63, 3.8) is 0 Å². The van der Waals surface area contributed by atoms with Gasteiger partial charge in [-0.15, -0.1) is 0 Å². The number of hydrogen-bond acceptors (Lipinski definition) is 5. The normalized spacial score (nSPS) is 27.2. The second-order valence-corrected chi connectivity index (χ2v) is 9.83. The van der Waals surface area contributed by atoms with E-state index in [-0.39, 0.29) is 35.9 Å². The predicted molar refractivity (Wildman–Crippen MR) is 115 cm³/mol. The number of halogens is 3. The fourth-order valence-electron chi connectivity index (χ4n) is 5.03. The van der Waals surface area contributed by atoms with Crippen LogP contribution in [0.15, 0.2) is 47.8 Å². The van der Waals surface area contributed by atoms with Gasteiger partial charge in [-0.05, 0) is 36.3 Å². The SMILES string of the molecule is C=C1NC2=C(C(=O)CC(C)(C)C2)C(c2cccc(C(F)(F)F)c2)C1C(=O)OCC1CCCO1. The van der Waals surface area contributed by atoms with Crippen LogP contribution in [-0.4, -0.2) is 31.1 Å². The van der Waals surface area contributed by atoms with Gasteiger partial charge in [0.05, 0.1) is 11.7 Å². The van der Waals surface area contributed by atoms with Crippen LogP contribution in [0, 0.1) is 11.3 Å². The lowest BCUT2D eigenvalue weighted by molar-refractivity contribution is -0.151. The van der Waals surface area contributed by atoms with Crippen LogP contribution in [0.3, 0.4) is 0 Å². The van der Waals surface area contributed by atoms with Crippen molar-refractivity contribution in [3.05, 3.63) is 58.9 Å². The number of ether oxygens (including phenoxy) is 2.